The Labute approximate surface area is 173 Å². The van der Waals surface area contributed by atoms with Crippen molar-refractivity contribution in [3.8, 4) is 0 Å². The average molecular weight is 399 g/mol. The second kappa shape index (κ2) is 6.24. The molecule has 4 aliphatic carbocycles. The van der Waals surface area contributed by atoms with Gasteiger partial charge >= 0.3 is 5.97 Å². The van der Waals surface area contributed by atoms with E-state index < -0.39 is 5.54 Å². The molecule has 3 fully saturated rings. The van der Waals surface area contributed by atoms with Crippen molar-refractivity contribution < 1.29 is 14.3 Å². The Bertz CT molecular complexity index is 819. The molecular weight excluding hydrogens is 364 g/mol. The summed E-state index contributed by atoms with van der Waals surface area (Å²) in [5.74, 6) is 2.21. The molecule has 5 nitrogen and oxygen atoms in total. The van der Waals surface area contributed by atoms with Gasteiger partial charge in [0.2, 0.25) is 0 Å². The van der Waals surface area contributed by atoms with E-state index in [-0.39, 0.29) is 28.7 Å². The van der Waals surface area contributed by atoms with Crippen molar-refractivity contribution in [2.24, 2.45) is 44.7 Å². The molecule has 5 rings (SSSR count). The average Bonchev–Trinajstić information content (AvgIpc) is 3.18. The molecule has 0 amide bonds. The Morgan fingerprint density at radius 1 is 1.14 bits per heavy atom. The van der Waals surface area contributed by atoms with E-state index in [1.807, 2.05) is 0 Å². The minimum Gasteiger partial charge on any atom is -0.462 e. The molecule has 5 heteroatoms. The summed E-state index contributed by atoms with van der Waals surface area (Å²) in [7, 11) is 0. The summed E-state index contributed by atoms with van der Waals surface area (Å²) in [5.41, 5.74) is 1.10. The third-order valence-electron chi connectivity index (χ3n) is 9.85. The van der Waals surface area contributed by atoms with Crippen LogP contribution in [-0.2, 0) is 14.3 Å². The molecule has 5 aliphatic rings. The quantitative estimate of drug-likeness (QED) is 0.491. The maximum atomic E-state index is 12.9. The maximum Gasteiger partial charge on any atom is 0.302 e. The van der Waals surface area contributed by atoms with Crippen molar-refractivity contribution in [3.05, 3.63) is 11.6 Å². The van der Waals surface area contributed by atoms with Crippen LogP contribution in [0.4, 0.5) is 0 Å². The summed E-state index contributed by atoms with van der Waals surface area (Å²) in [4.78, 5) is 24.3. The summed E-state index contributed by atoms with van der Waals surface area (Å²) in [6.45, 7) is 8.79. The molecule has 29 heavy (non-hydrogen) atoms. The predicted octanol–water partition coefficient (Wildman–Crippen LogP) is 4.90. The summed E-state index contributed by atoms with van der Waals surface area (Å²) in [6.07, 6.45) is 9.92. The van der Waals surface area contributed by atoms with Gasteiger partial charge in [0.05, 0.1) is 6.54 Å². The molecule has 0 radical (unpaired) electrons. The largest absolute Gasteiger partial charge is 0.462 e. The summed E-state index contributed by atoms with van der Waals surface area (Å²) in [6, 6.07) is 0. The number of allylic oxidation sites excluding steroid dienone is 1. The van der Waals surface area contributed by atoms with Gasteiger partial charge in [0.15, 0.2) is 5.78 Å². The van der Waals surface area contributed by atoms with E-state index in [4.69, 9.17) is 4.74 Å². The van der Waals surface area contributed by atoms with Crippen LogP contribution in [0.25, 0.3) is 0 Å². The van der Waals surface area contributed by atoms with Gasteiger partial charge < -0.3 is 4.74 Å². The van der Waals surface area contributed by atoms with Crippen molar-refractivity contribution >= 4 is 11.8 Å². The maximum absolute atomic E-state index is 12.9. The Morgan fingerprint density at radius 3 is 2.66 bits per heavy atom. The molecule has 3 saturated carbocycles. The van der Waals surface area contributed by atoms with Crippen LogP contribution in [0.5, 0.6) is 0 Å². The van der Waals surface area contributed by atoms with Crippen LogP contribution in [-0.4, -0.2) is 29.9 Å². The number of azo groups is 1. The second-order valence-electron chi connectivity index (χ2n) is 10.9. The minimum absolute atomic E-state index is 0.0458. The molecule has 0 unspecified atom stereocenters. The SMILES string of the molecule is CC(=O)O[C@H]1CC[C@@]2(C)C(=CC[C@@H]3[C@@H]2CC[C@@]2(C)[C@H]3C[C@H]3CN=N[C@]32C(C)=O)C1. The summed E-state index contributed by atoms with van der Waals surface area (Å²) < 4.78 is 5.56. The number of nitrogens with zero attached hydrogens (tertiary/aromatic N) is 2. The minimum atomic E-state index is -0.569. The zero-order valence-corrected chi connectivity index (χ0v) is 18.2. The van der Waals surface area contributed by atoms with Gasteiger partial charge in [-0.3, -0.25) is 9.59 Å². The monoisotopic (exact) mass is 398 g/mol. The molecular formula is C24H34N2O3. The Kier molecular flexibility index (Phi) is 4.19. The van der Waals surface area contributed by atoms with Crippen LogP contribution in [0.3, 0.4) is 0 Å². The van der Waals surface area contributed by atoms with Gasteiger partial charge in [-0.25, -0.2) is 0 Å². The normalized spacial score (nSPS) is 50.1. The van der Waals surface area contributed by atoms with E-state index >= 15 is 0 Å². The summed E-state index contributed by atoms with van der Waals surface area (Å²) in [5, 5.41) is 9.03. The van der Waals surface area contributed by atoms with Crippen LogP contribution in [0.1, 0.15) is 72.6 Å². The van der Waals surface area contributed by atoms with Gasteiger partial charge in [-0.05, 0) is 68.6 Å². The molecule has 1 aliphatic heterocycles. The van der Waals surface area contributed by atoms with E-state index in [0.29, 0.717) is 23.7 Å². The molecule has 8 atom stereocenters. The number of carbonyl (C=O) groups excluding carboxylic acids is 2. The van der Waals surface area contributed by atoms with Gasteiger partial charge in [-0.15, -0.1) is 0 Å². The molecule has 0 spiro atoms. The Morgan fingerprint density at radius 2 is 1.93 bits per heavy atom. The first-order valence-corrected chi connectivity index (χ1v) is 11.5. The van der Waals surface area contributed by atoms with E-state index in [0.717, 1.165) is 45.1 Å². The number of rotatable bonds is 2. The lowest BCUT2D eigenvalue weighted by molar-refractivity contribution is -0.149. The molecule has 0 aromatic carbocycles. The van der Waals surface area contributed by atoms with Crippen LogP contribution >= 0.6 is 0 Å². The highest BCUT2D eigenvalue weighted by Crippen LogP contribution is 2.70. The van der Waals surface area contributed by atoms with Crippen LogP contribution in [0.2, 0.25) is 0 Å². The fourth-order valence-electron chi connectivity index (χ4n) is 8.55. The first-order valence-electron chi connectivity index (χ1n) is 11.5. The van der Waals surface area contributed by atoms with Crippen molar-refractivity contribution in [3.63, 3.8) is 0 Å². The van der Waals surface area contributed by atoms with Crippen LogP contribution in [0.15, 0.2) is 21.9 Å². The van der Waals surface area contributed by atoms with Crippen molar-refractivity contribution in [1.82, 2.24) is 0 Å². The van der Waals surface area contributed by atoms with Gasteiger partial charge in [-0.2, -0.15) is 10.2 Å². The Hall–Kier alpha value is -1.52. The number of hydrogen-bond acceptors (Lipinski definition) is 5. The molecule has 0 saturated heterocycles. The van der Waals surface area contributed by atoms with Gasteiger partial charge in [0.25, 0.3) is 0 Å². The third kappa shape index (κ3) is 2.39. The molecule has 1 heterocycles. The third-order valence-corrected chi connectivity index (χ3v) is 9.85. The lowest BCUT2D eigenvalue weighted by Gasteiger charge is -2.58. The summed E-state index contributed by atoms with van der Waals surface area (Å²) >= 11 is 0. The van der Waals surface area contributed by atoms with Crippen molar-refractivity contribution in [2.45, 2.75) is 84.3 Å². The first-order chi connectivity index (χ1) is 13.7. The molecule has 0 aromatic rings. The molecule has 0 aromatic heterocycles. The second-order valence-corrected chi connectivity index (χ2v) is 10.9. The zero-order valence-electron chi connectivity index (χ0n) is 18.2. The molecule has 158 valence electrons. The van der Waals surface area contributed by atoms with Gasteiger partial charge in [0.1, 0.15) is 11.6 Å². The molecule has 0 N–H and O–H groups in total. The van der Waals surface area contributed by atoms with Gasteiger partial charge in [0, 0.05) is 24.7 Å². The zero-order chi connectivity index (χ0) is 20.6. The highest BCUT2D eigenvalue weighted by molar-refractivity contribution is 5.88. The van der Waals surface area contributed by atoms with Crippen molar-refractivity contribution in [1.29, 1.82) is 0 Å². The first kappa shape index (κ1) is 19.4. The van der Waals surface area contributed by atoms with Crippen LogP contribution < -0.4 is 0 Å². The van der Waals surface area contributed by atoms with Gasteiger partial charge in [-0.1, -0.05) is 25.5 Å². The molecule has 0 bridgehead atoms. The van der Waals surface area contributed by atoms with Crippen molar-refractivity contribution in [2.75, 3.05) is 6.54 Å². The highest BCUT2D eigenvalue weighted by Gasteiger charge is 2.71. The van der Waals surface area contributed by atoms with E-state index in [9.17, 15) is 9.59 Å². The van der Waals surface area contributed by atoms with E-state index in [1.165, 1.54) is 18.9 Å². The number of esters is 1. The van der Waals surface area contributed by atoms with E-state index in [1.54, 1.807) is 6.92 Å². The number of carbonyl (C=O) groups is 2. The fraction of sp³-hybridized carbons (Fsp3) is 0.833. The lowest BCUT2D eigenvalue weighted by atomic mass is 9.46. The topological polar surface area (TPSA) is 68.1 Å². The smallest absolute Gasteiger partial charge is 0.302 e. The number of ketones is 1. The lowest BCUT2D eigenvalue weighted by Crippen LogP contribution is -2.57. The van der Waals surface area contributed by atoms with Crippen LogP contribution in [0, 0.1) is 34.5 Å². The number of fused-ring (bicyclic) bond motifs is 7. The standard InChI is InChI=1S/C24H34N2O3/c1-14(27)24-17(13-25-26-24)12-21-19-6-5-16-11-18(29-15(2)28)7-9-22(16,3)20(19)8-10-23(21,24)4/h5,17-21H,6-13H2,1-4H3/t17-,18-,19+,20-,21-,22-,23-,24+/m0/s1. The Balaban J connectivity index is 1.46. The van der Waals surface area contributed by atoms with E-state index in [2.05, 4.69) is 30.2 Å². The number of ether oxygens (including phenoxy) is 1. The number of Topliss-reactive ketones (excluding diaryl/α,β-unsaturated/α-hetero) is 1. The fourth-order valence-corrected chi connectivity index (χ4v) is 8.55. The predicted molar refractivity (Wildman–Crippen MR) is 109 cm³/mol. The highest BCUT2D eigenvalue weighted by atomic mass is 16.5. The number of hydrogen-bond donors (Lipinski definition) is 0.